The van der Waals surface area contributed by atoms with Gasteiger partial charge in [0.05, 0.1) is 20.1 Å². The van der Waals surface area contributed by atoms with Gasteiger partial charge in [0.2, 0.25) is 0 Å². The second-order valence-electron chi connectivity index (χ2n) is 9.31. The van der Waals surface area contributed by atoms with Crippen LogP contribution in [0.2, 0.25) is 20.1 Å². The summed E-state index contributed by atoms with van der Waals surface area (Å²) in [5.74, 6) is -3.08. The summed E-state index contributed by atoms with van der Waals surface area (Å²) < 4.78 is 0. The molecule has 0 spiro atoms. The van der Waals surface area contributed by atoms with E-state index in [1.165, 1.54) is 47.9 Å². The fraction of sp³-hybridized carbons (Fsp3) is 0.125. The minimum absolute atomic E-state index is 0.252. The van der Waals surface area contributed by atoms with Crippen molar-refractivity contribution in [2.45, 2.75) is 25.9 Å². The molecule has 4 rings (SSSR count). The van der Waals surface area contributed by atoms with Gasteiger partial charge in [-0.05, 0) is 74.5 Å². The van der Waals surface area contributed by atoms with Crippen molar-refractivity contribution in [3.05, 3.63) is 128 Å². The average molecular weight is 676 g/mol. The fourth-order valence-electron chi connectivity index (χ4n) is 3.96. The molecule has 0 aromatic heterocycles. The van der Waals surface area contributed by atoms with Gasteiger partial charge >= 0.3 is 11.9 Å². The zero-order valence-electron chi connectivity index (χ0n) is 23.3. The Hall–Kier alpha value is -4.08. The van der Waals surface area contributed by atoms with Gasteiger partial charge < -0.3 is 10.2 Å². The zero-order chi connectivity index (χ0) is 32.6. The summed E-state index contributed by atoms with van der Waals surface area (Å²) in [4.78, 5) is 50.4. The van der Waals surface area contributed by atoms with Crippen LogP contribution in [0.15, 0.2) is 97.1 Å². The van der Waals surface area contributed by atoms with Crippen molar-refractivity contribution in [2.75, 3.05) is 9.80 Å². The Labute approximate surface area is 273 Å². The van der Waals surface area contributed by atoms with Crippen LogP contribution in [0.25, 0.3) is 0 Å². The highest BCUT2D eigenvalue weighted by atomic mass is 35.5. The maximum atomic E-state index is 12.7. The van der Waals surface area contributed by atoms with E-state index in [-0.39, 0.29) is 10.0 Å². The van der Waals surface area contributed by atoms with Crippen LogP contribution in [-0.2, 0) is 9.59 Å². The van der Waals surface area contributed by atoms with Gasteiger partial charge in [0.1, 0.15) is 12.1 Å². The van der Waals surface area contributed by atoms with Crippen LogP contribution in [-0.4, -0.2) is 46.0 Å². The number of halogens is 4. The van der Waals surface area contributed by atoms with Gasteiger partial charge in [-0.1, -0.05) is 82.8 Å². The van der Waals surface area contributed by atoms with Crippen LogP contribution in [0.4, 0.5) is 11.4 Å². The largest absolute Gasteiger partial charge is 0.480 e. The quantitative estimate of drug-likeness (QED) is 0.194. The summed E-state index contributed by atoms with van der Waals surface area (Å²) in [6.07, 6.45) is 0. The maximum absolute atomic E-state index is 12.7. The average Bonchev–Trinajstić information content (AvgIpc) is 3.01. The fourth-order valence-corrected chi connectivity index (χ4v) is 4.55. The lowest BCUT2D eigenvalue weighted by Gasteiger charge is -2.27. The highest BCUT2D eigenvalue weighted by molar-refractivity contribution is 6.42. The minimum atomic E-state index is -1.12. The molecule has 0 heterocycles. The number of aliphatic carboxylic acids is 2. The third-order valence-electron chi connectivity index (χ3n) is 6.33. The summed E-state index contributed by atoms with van der Waals surface area (Å²) in [5, 5.41) is 19.7. The number of nitrogens with zero attached hydrogens (tertiary/aromatic N) is 2. The lowest BCUT2D eigenvalue weighted by atomic mass is 10.1. The summed E-state index contributed by atoms with van der Waals surface area (Å²) in [6, 6.07) is 24.0. The Balaban J connectivity index is 0.000000240. The molecule has 0 aliphatic heterocycles. The summed E-state index contributed by atoms with van der Waals surface area (Å²) >= 11 is 23.7. The predicted molar refractivity (Wildman–Crippen MR) is 174 cm³/mol. The van der Waals surface area contributed by atoms with Crippen LogP contribution in [0.5, 0.6) is 0 Å². The Morgan fingerprint density at radius 3 is 1.11 bits per heavy atom. The molecule has 0 radical (unpaired) electrons. The smallest absolute Gasteiger partial charge is 0.326 e. The molecule has 4 aromatic rings. The van der Waals surface area contributed by atoms with E-state index in [9.17, 15) is 29.4 Å². The van der Waals surface area contributed by atoms with Crippen LogP contribution in [0.1, 0.15) is 34.6 Å². The van der Waals surface area contributed by atoms with Crippen molar-refractivity contribution < 1.29 is 29.4 Å². The van der Waals surface area contributed by atoms with Gasteiger partial charge in [-0.3, -0.25) is 19.4 Å². The maximum Gasteiger partial charge on any atom is 0.326 e. The minimum Gasteiger partial charge on any atom is -0.480 e. The summed E-state index contributed by atoms with van der Waals surface area (Å²) in [5.41, 5.74) is 1.53. The normalized spacial score (nSPS) is 11.8. The number of amides is 2. The lowest BCUT2D eigenvalue weighted by Crippen LogP contribution is -2.43. The van der Waals surface area contributed by atoms with E-state index in [1.807, 2.05) is 0 Å². The summed E-state index contributed by atoms with van der Waals surface area (Å²) in [6.45, 7) is 2.87. The Morgan fingerprint density at radius 1 is 0.523 bits per heavy atom. The molecule has 0 fully saturated rings. The highest BCUT2D eigenvalue weighted by Gasteiger charge is 2.29. The standard InChI is InChI=1S/2C16H13Cl2NO3/c2*1-10(16(21)22)19(12-7-8-13(17)14(18)9-12)15(20)11-5-3-2-4-6-11/h2*2-10H,1H3,(H,21,22). The van der Waals surface area contributed by atoms with Crippen LogP contribution in [0.3, 0.4) is 0 Å². The van der Waals surface area contributed by atoms with Crippen molar-refractivity contribution >= 4 is 81.5 Å². The van der Waals surface area contributed by atoms with Gasteiger partial charge in [0.25, 0.3) is 11.8 Å². The molecule has 2 N–H and O–H groups in total. The van der Waals surface area contributed by atoms with Crippen LogP contribution >= 0.6 is 46.4 Å². The van der Waals surface area contributed by atoms with E-state index >= 15 is 0 Å². The number of anilines is 2. The zero-order valence-corrected chi connectivity index (χ0v) is 26.3. The third-order valence-corrected chi connectivity index (χ3v) is 7.81. The Kier molecular flexibility index (Phi) is 12.2. The van der Waals surface area contributed by atoms with E-state index in [2.05, 4.69) is 0 Å². The molecule has 0 bridgehead atoms. The molecule has 12 heteroatoms. The SMILES string of the molecule is CC(C(=O)O)N(C(=O)c1ccccc1)c1ccc(Cl)c(Cl)c1.CC(C(=O)O)N(C(=O)c1ccccc1)c1ccc(Cl)c(Cl)c1. The number of benzene rings is 4. The molecule has 228 valence electrons. The number of carboxylic acids is 2. The number of carbonyl (C=O) groups is 4. The van der Waals surface area contributed by atoms with Crippen molar-refractivity contribution in [1.29, 1.82) is 0 Å². The van der Waals surface area contributed by atoms with E-state index < -0.39 is 35.8 Å². The first-order valence-electron chi connectivity index (χ1n) is 13.0. The van der Waals surface area contributed by atoms with Gasteiger partial charge in [-0.25, -0.2) is 9.59 Å². The number of rotatable bonds is 8. The molecule has 4 aromatic carbocycles. The van der Waals surface area contributed by atoms with Gasteiger partial charge in [-0.15, -0.1) is 0 Å². The first kappa shape index (κ1) is 34.4. The predicted octanol–water partition coefficient (Wildman–Crippen LogP) is 8.23. The Morgan fingerprint density at radius 2 is 0.841 bits per heavy atom. The molecule has 0 saturated heterocycles. The van der Waals surface area contributed by atoms with Crippen molar-refractivity contribution in [2.24, 2.45) is 0 Å². The second kappa shape index (κ2) is 15.6. The van der Waals surface area contributed by atoms with Crippen molar-refractivity contribution in [3.8, 4) is 0 Å². The van der Waals surface area contributed by atoms with Gasteiger partial charge in [-0.2, -0.15) is 0 Å². The molecule has 0 aliphatic rings. The molecule has 2 amide bonds. The monoisotopic (exact) mass is 674 g/mol. The summed E-state index contributed by atoms with van der Waals surface area (Å²) in [7, 11) is 0. The number of hydrogen-bond donors (Lipinski definition) is 2. The van der Waals surface area contributed by atoms with E-state index in [0.717, 1.165) is 0 Å². The molecule has 0 saturated carbocycles. The van der Waals surface area contributed by atoms with Gasteiger partial charge in [0, 0.05) is 22.5 Å². The molecule has 2 unspecified atom stereocenters. The second-order valence-corrected chi connectivity index (χ2v) is 10.9. The van der Waals surface area contributed by atoms with E-state index in [0.29, 0.717) is 32.5 Å². The van der Waals surface area contributed by atoms with Crippen molar-refractivity contribution in [1.82, 2.24) is 0 Å². The topological polar surface area (TPSA) is 115 Å². The van der Waals surface area contributed by atoms with Gasteiger partial charge in [0.15, 0.2) is 0 Å². The molecular weight excluding hydrogens is 650 g/mol. The molecule has 8 nitrogen and oxygen atoms in total. The number of hydrogen-bond acceptors (Lipinski definition) is 4. The molecule has 44 heavy (non-hydrogen) atoms. The van der Waals surface area contributed by atoms with Crippen molar-refractivity contribution in [3.63, 3.8) is 0 Å². The molecule has 0 aliphatic carbocycles. The van der Waals surface area contributed by atoms with Crippen LogP contribution < -0.4 is 9.80 Å². The number of carboxylic acid groups (broad SMARTS) is 2. The molecular formula is C32H26Cl4N2O6. The van der Waals surface area contributed by atoms with E-state index in [4.69, 9.17) is 46.4 Å². The lowest BCUT2D eigenvalue weighted by molar-refractivity contribution is -0.139. The Bertz CT molecular complexity index is 1530. The highest BCUT2D eigenvalue weighted by Crippen LogP contribution is 2.30. The third kappa shape index (κ3) is 8.51. The first-order chi connectivity index (χ1) is 20.8. The van der Waals surface area contributed by atoms with Crippen LogP contribution in [0, 0.1) is 0 Å². The van der Waals surface area contributed by atoms with E-state index in [1.54, 1.807) is 72.8 Å². The first-order valence-corrected chi connectivity index (χ1v) is 14.5. The molecule has 2 atom stereocenters. The number of carbonyl (C=O) groups excluding carboxylic acids is 2.